The highest BCUT2D eigenvalue weighted by atomic mass is 79.9. The Kier molecular flexibility index (Phi) is 4.20. The highest BCUT2D eigenvalue weighted by molar-refractivity contribution is 9.10. The molecule has 140 valence electrons. The van der Waals surface area contributed by atoms with E-state index in [0.29, 0.717) is 9.99 Å². The van der Waals surface area contributed by atoms with Gasteiger partial charge in [-0.25, -0.2) is 9.37 Å². The maximum Gasteiger partial charge on any atom is 0.139 e. The van der Waals surface area contributed by atoms with Crippen molar-refractivity contribution in [2.24, 2.45) is 0 Å². The number of hydrogen-bond acceptors (Lipinski definition) is 2. The van der Waals surface area contributed by atoms with Gasteiger partial charge in [0.2, 0.25) is 0 Å². The number of imidazole rings is 1. The molecule has 3 nitrogen and oxygen atoms in total. The molecule has 0 aliphatic carbocycles. The first-order valence-corrected chi connectivity index (χ1v) is 10.1. The number of halogens is 2. The van der Waals surface area contributed by atoms with Crippen molar-refractivity contribution in [3.05, 3.63) is 88.4 Å². The molecule has 0 saturated carbocycles. The van der Waals surface area contributed by atoms with Crippen LogP contribution in [0.25, 0.3) is 11.0 Å². The van der Waals surface area contributed by atoms with Gasteiger partial charge in [-0.2, -0.15) is 0 Å². The molecule has 2 atom stereocenters. The molecule has 2 heterocycles. The number of benzene rings is 3. The van der Waals surface area contributed by atoms with Crippen LogP contribution >= 0.6 is 15.9 Å². The lowest BCUT2D eigenvalue weighted by molar-refractivity contribution is 0.463. The normalized spacial score (nSPS) is 18.4. The fourth-order valence-corrected chi connectivity index (χ4v) is 4.39. The summed E-state index contributed by atoms with van der Waals surface area (Å²) in [7, 11) is 0. The van der Waals surface area contributed by atoms with Gasteiger partial charge in [-0.15, -0.1) is 0 Å². The summed E-state index contributed by atoms with van der Waals surface area (Å²) in [6.07, 6.45) is 0.933. The van der Waals surface area contributed by atoms with Gasteiger partial charge >= 0.3 is 0 Å². The van der Waals surface area contributed by atoms with Crippen LogP contribution in [0.5, 0.6) is 11.5 Å². The van der Waals surface area contributed by atoms with Gasteiger partial charge in [-0.3, -0.25) is 0 Å². The zero-order valence-corrected chi connectivity index (χ0v) is 16.9. The maximum atomic E-state index is 14.0. The summed E-state index contributed by atoms with van der Waals surface area (Å²) < 4.78 is 22.9. The number of para-hydroxylation sites is 2. The molecular weight excluding hydrogens is 419 g/mol. The van der Waals surface area contributed by atoms with Crippen molar-refractivity contribution < 1.29 is 9.13 Å². The van der Waals surface area contributed by atoms with E-state index in [9.17, 15) is 4.39 Å². The van der Waals surface area contributed by atoms with Gasteiger partial charge < -0.3 is 9.30 Å². The Bertz CT molecular complexity index is 1170. The molecule has 0 bridgehead atoms. The van der Waals surface area contributed by atoms with Gasteiger partial charge in [-0.05, 0) is 46.6 Å². The van der Waals surface area contributed by atoms with Crippen molar-refractivity contribution in [3.8, 4) is 11.5 Å². The van der Waals surface area contributed by atoms with Crippen LogP contribution in [-0.4, -0.2) is 9.55 Å². The van der Waals surface area contributed by atoms with Crippen molar-refractivity contribution in [2.45, 2.75) is 25.3 Å². The highest BCUT2D eigenvalue weighted by Gasteiger charge is 2.34. The summed E-state index contributed by atoms with van der Waals surface area (Å²) in [6.45, 7) is 2.17. The zero-order chi connectivity index (χ0) is 19.3. The topological polar surface area (TPSA) is 27.1 Å². The molecule has 1 aliphatic heterocycles. The predicted octanol–water partition coefficient (Wildman–Crippen LogP) is 6.83. The minimum Gasteiger partial charge on any atom is -0.457 e. The lowest BCUT2D eigenvalue weighted by Crippen LogP contribution is -2.07. The van der Waals surface area contributed by atoms with Crippen molar-refractivity contribution in [2.75, 3.05) is 0 Å². The predicted molar refractivity (Wildman–Crippen MR) is 112 cm³/mol. The van der Waals surface area contributed by atoms with Gasteiger partial charge in [0.05, 0.1) is 21.5 Å². The summed E-state index contributed by atoms with van der Waals surface area (Å²) in [5, 5.41) is 0. The van der Waals surface area contributed by atoms with Crippen LogP contribution in [0.3, 0.4) is 0 Å². The third-order valence-corrected chi connectivity index (χ3v) is 5.94. The molecule has 0 fully saturated rings. The smallest absolute Gasteiger partial charge is 0.139 e. The molecule has 2 unspecified atom stereocenters. The van der Waals surface area contributed by atoms with Crippen LogP contribution < -0.4 is 4.74 Å². The lowest BCUT2D eigenvalue weighted by atomic mass is 9.99. The Morgan fingerprint density at radius 3 is 2.64 bits per heavy atom. The summed E-state index contributed by atoms with van der Waals surface area (Å²) in [5.74, 6) is 2.63. The fourth-order valence-electron chi connectivity index (χ4n) is 4.06. The largest absolute Gasteiger partial charge is 0.457 e. The number of fused-ring (bicyclic) bond motifs is 3. The van der Waals surface area contributed by atoms with Crippen LogP contribution in [0, 0.1) is 5.82 Å². The van der Waals surface area contributed by atoms with E-state index in [1.807, 2.05) is 54.6 Å². The number of rotatable bonds is 3. The summed E-state index contributed by atoms with van der Waals surface area (Å²) >= 11 is 3.32. The van der Waals surface area contributed by atoms with Crippen molar-refractivity contribution >= 4 is 27.0 Å². The van der Waals surface area contributed by atoms with Crippen molar-refractivity contribution in [1.82, 2.24) is 9.55 Å². The van der Waals surface area contributed by atoms with E-state index in [1.165, 1.54) is 6.07 Å². The summed E-state index contributed by atoms with van der Waals surface area (Å²) in [5.41, 5.74) is 2.73. The second kappa shape index (κ2) is 6.74. The molecule has 3 aromatic carbocycles. The van der Waals surface area contributed by atoms with E-state index in [2.05, 4.69) is 33.5 Å². The number of ether oxygens (including phenoxy) is 1. The van der Waals surface area contributed by atoms with Crippen LogP contribution in [-0.2, 0) is 0 Å². The second-order valence-corrected chi connectivity index (χ2v) is 8.05. The number of nitrogens with zero attached hydrogens (tertiary/aromatic N) is 2. The Labute approximate surface area is 170 Å². The molecular formula is C23H18BrFN2O. The first-order valence-electron chi connectivity index (χ1n) is 9.30. The maximum absolute atomic E-state index is 14.0. The minimum atomic E-state index is -0.290. The Morgan fingerprint density at radius 1 is 1.07 bits per heavy atom. The van der Waals surface area contributed by atoms with Crippen LogP contribution in [0.4, 0.5) is 4.39 Å². The molecule has 4 aromatic rings. The zero-order valence-electron chi connectivity index (χ0n) is 15.3. The van der Waals surface area contributed by atoms with E-state index in [0.717, 1.165) is 34.8 Å². The molecule has 5 heteroatoms. The second-order valence-electron chi connectivity index (χ2n) is 7.20. The molecule has 0 radical (unpaired) electrons. The Hall–Kier alpha value is -2.66. The molecule has 1 aliphatic rings. The van der Waals surface area contributed by atoms with Crippen molar-refractivity contribution in [1.29, 1.82) is 0 Å². The van der Waals surface area contributed by atoms with Gasteiger partial charge in [-0.1, -0.05) is 43.3 Å². The molecule has 1 aromatic heterocycles. The third-order valence-electron chi connectivity index (χ3n) is 5.34. The lowest BCUT2D eigenvalue weighted by Gasteiger charge is -2.19. The van der Waals surface area contributed by atoms with E-state index < -0.39 is 0 Å². The average Bonchev–Trinajstić information content (AvgIpc) is 3.21. The number of aromatic nitrogens is 2. The van der Waals surface area contributed by atoms with Gasteiger partial charge in [0.25, 0.3) is 0 Å². The SMILES string of the molecule is CC1CC(c2ccccc2Oc2ccccc2)n2c1nc1cc(F)c(Br)cc12. The van der Waals surface area contributed by atoms with Crippen LogP contribution in [0.1, 0.15) is 36.7 Å². The highest BCUT2D eigenvalue weighted by Crippen LogP contribution is 2.45. The average molecular weight is 437 g/mol. The van der Waals surface area contributed by atoms with Gasteiger partial charge in [0.1, 0.15) is 23.1 Å². The molecule has 0 amide bonds. The van der Waals surface area contributed by atoms with E-state index >= 15 is 0 Å². The summed E-state index contributed by atoms with van der Waals surface area (Å²) in [4.78, 5) is 4.73. The molecule has 0 spiro atoms. The quantitative estimate of drug-likeness (QED) is 0.351. The third kappa shape index (κ3) is 2.81. The monoisotopic (exact) mass is 436 g/mol. The summed E-state index contributed by atoms with van der Waals surface area (Å²) in [6, 6.07) is 21.3. The molecule has 28 heavy (non-hydrogen) atoms. The molecule has 0 saturated heterocycles. The Morgan fingerprint density at radius 2 is 1.82 bits per heavy atom. The molecule has 0 N–H and O–H groups in total. The Balaban J connectivity index is 1.64. The molecule has 5 rings (SSSR count). The minimum absolute atomic E-state index is 0.0901. The van der Waals surface area contributed by atoms with Gasteiger partial charge in [0, 0.05) is 17.5 Å². The number of hydrogen-bond donors (Lipinski definition) is 0. The first kappa shape index (κ1) is 17.4. The van der Waals surface area contributed by atoms with Crippen LogP contribution in [0.2, 0.25) is 0 Å². The van der Waals surface area contributed by atoms with E-state index in [-0.39, 0.29) is 17.8 Å². The fraction of sp³-hybridized carbons (Fsp3) is 0.174. The van der Waals surface area contributed by atoms with E-state index in [1.54, 1.807) is 0 Å². The first-order chi connectivity index (χ1) is 13.6. The van der Waals surface area contributed by atoms with E-state index in [4.69, 9.17) is 9.72 Å². The van der Waals surface area contributed by atoms with Crippen LogP contribution in [0.15, 0.2) is 71.2 Å². The van der Waals surface area contributed by atoms with Gasteiger partial charge in [0.15, 0.2) is 0 Å². The van der Waals surface area contributed by atoms with Crippen molar-refractivity contribution in [3.63, 3.8) is 0 Å². The standard InChI is InChI=1S/C23H18BrFN2O/c1-14-11-20(27-21-12-17(24)18(25)13-19(21)26-23(14)27)16-9-5-6-10-22(16)28-15-7-3-2-4-8-15/h2-10,12-14,20H,11H2,1H3.